The molecule has 1 N–H and O–H groups in total. The van der Waals surface area contributed by atoms with Gasteiger partial charge in [-0.05, 0) is 59.5 Å². The van der Waals surface area contributed by atoms with E-state index in [4.69, 9.17) is 4.74 Å². The van der Waals surface area contributed by atoms with E-state index in [2.05, 4.69) is 17.5 Å². The topological polar surface area (TPSA) is 71.0 Å². The van der Waals surface area contributed by atoms with Gasteiger partial charge >= 0.3 is 0 Å². The summed E-state index contributed by atoms with van der Waals surface area (Å²) in [5.74, 6) is 1.11. The molecule has 0 saturated carbocycles. The molecule has 3 aromatic rings. The van der Waals surface area contributed by atoms with E-state index < -0.39 is 0 Å². The van der Waals surface area contributed by atoms with Gasteiger partial charge in [-0.1, -0.05) is 49.4 Å². The number of hydrogen-bond acceptors (Lipinski definition) is 5. The van der Waals surface area contributed by atoms with E-state index in [0.717, 1.165) is 28.9 Å². The van der Waals surface area contributed by atoms with Crippen LogP contribution in [0.4, 0.5) is 0 Å². The summed E-state index contributed by atoms with van der Waals surface area (Å²) in [6, 6.07) is 24.8. The molecule has 0 bridgehead atoms. The molecular formula is C27H27N3O3S. The summed E-state index contributed by atoms with van der Waals surface area (Å²) >= 11 is 1.61. The Morgan fingerprint density at radius 3 is 2.53 bits per heavy atom. The maximum Gasteiger partial charge on any atom is 0.271 e. The number of rotatable bonds is 9. The third-order valence-corrected chi connectivity index (χ3v) is 6.61. The molecule has 1 saturated heterocycles. The van der Waals surface area contributed by atoms with E-state index in [9.17, 15) is 9.59 Å². The Labute approximate surface area is 204 Å². The van der Waals surface area contributed by atoms with Crippen LogP contribution in [0, 0.1) is 0 Å². The monoisotopic (exact) mass is 473 g/mol. The second kappa shape index (κ2) is 11.5. The van der Waals surface area contributed by atoms with Crippen molar-refractivity contribution in [3.05, 3.63) is 101 Å². The highest BCUT2D eigenvalue weighted by Crippen LogP contribution is 2.39. The van der Waals surface area contributed by atoms with Crippen LogP contribution in [0.15, 0.2) is 84.0 Å². The minimum atomic E-state index is -0.290. The van der Waals surface area contributed by atoms with Gasteiger partial charge in [-0.2, -0.15) is 5.10 Å². The minimum absolute atomic E-state index is 0.0629. The number of carbonyl (C=O) groups excluding carboxylic acids is 2. The predicted molar refractivity (Wildman–Crippen MR) is 136 cm³/mol. The quantitative estimate of drug-likeness (QED) is 0.350. The predicted octanol–water partition coefficient (Wildman–Crippen LogP) is 5.01. The maximum absolute atomic E-state index is 12.5. The normalized spacial score (nSPS) is 15.6. The number of nitrogens with zero attached hydrogens (tertiary/aromatic N) is 2. The lowest BCUT2D eigenvalue weighted by atomic mass is 10.1. The summed E-state index contributed by atoms with van der Waals surface area (Å²) in [5, 5.41) is 3.99. The average molecular weight is 474 g/mol. The fraction of sp³-hybridized carbons (Fsp3) is 0.222. The van der Waals surface area contributed by atoms with E-state index in [-0.39, 0.29) is 17.2 Å². The Balaban J connectivity index is 1.34. The van der Waals surface area contributed by atoms with E-state index in [1.165, 1.54) is 0 Å². The van der Waals surface area contributed by atoms with Gasteiger partial charge in [-0.25, -0.2) is 5.43 Å². The van der Waals surface area contributed by atoms with Crippen molar-refractivity contribution in [2.45, 2.75) is 25.3 Å². The van der Waals surface area contributed by atoms with Crippen LogP contribution >= 0.6 is 11.8 Å². The molecule has 6 nitrogen and oxygen atoms in total. The fourth-order valence-electron chi connectivity index (χ4n) is 3.58. The lowest BCUT2D eigenvalue weighted by Crippen LogP contribution is -2.27. The molecule has 1 atom stereocenters. The minimum Gasteiger partial charge on any atom is -0.494 e. The second-order valence-electron chi connectivity index (χ2n) is 7.91. The summed E-state index contributed by atoms with van der Waals surface area (Å²) in [4.78, 5) is 26.8. The number of hydrazone groups is 1. The summed E-state index contributed by atoms with van der Waals surface area (Å²) in [7, 11) is 0. The van der Waals surface area contributed by atoms with E-state index >= 15 is 0 Å². The van der Waals surface area contributed by atoms with Crippen LogP contribution in [-0.4, -0.2) is 35.3 Å². The molecular weight excluding hydrogens is 446 g/mol. The van der Waals surface area contributed by atoms with Crippen molar-refractivity contribution < 1.29 is 14.3 Å². The standard InChI is InChI=1S/C27H27N3O3S/c1-2-16-33-24-14-8-20(9-15-24)17-28-29-26(32)22-10-12-23(13-11-22)27-30(25(31)19-34-27)18-21-6-4-3-5-7-21/h3-15,17,27H,2,16,18-19H2,1H3,(H,29,32)/b28-17+. The van der Waals surface area contributed by atoms with Gasteiger partial charge in [0.2, 0.25) is 5.91 Å². The Kier molecular flexibility index (Phi) is 7.99. The first-order chi connectivity index (χ1) is 16.6. The molecule has 1 heterocycles. The summed E-state index contributed by atoms with van der Waals surface area (Å²) in [6.45, 7) is 3.32. The molecule has 4 rings (SSSR count). The molecule has 7 heteroatoms. The Hall–Kier alpha value is -3.58. The van der Waals surface area contributed by atoms with Gasteiger partial charge in [0.15, 0.2) is 0 Å². The average Bonchev–Trinajstić information content (AvgIpc) is 3.24. The summed E-state index contributed by atoms with van der Waals surface area (Å²) in [6.07, 6.45) is 2.55. The van der Waals surface area contributed by atoms with Crippen LogP contribution in [-0.2, 0) is 11.3 Å². The molecule has 34 heavy (non-hydrogen) atoms. The number of carbonyl (C=O) groups is 2. The van der Waals surface area contributed by atoms with Crippen molar-refractivity contribution in [3.8, 4) is 5.75 Å². The Morgan fingerprint density at radius 2 is 1.82 bits per heavy atom. The third-order valence-electron chi connectivity index (χ3n) is 5.35. The number of benzene rings is 3. The molecule has 174 valence electrons. The highest BCUT2D eigenvalue weighted by atomic mass is 32.2. The fourth-order valence-corrected chi connectivity index (χ4v) is 4.77. The first-order valence-corrected chi connectivity index (χ1v) is 12.3. The van der Waals surface area contributed by atoms with Crippen LogP contribution in [0.25, 0.3) is 0 Å². The maximum atomic E-state index is 12.5. The van der Waals surface area contributed by atoms with Crippen LogP contribution in [0.1, 0.15) is 45.8 Å². The number of hydrogen-bond donors (Lipinski definition) is 1. The van der Waals surface area contributed by atoms with Gasteiger partial charge in [-0.15, -0.1) is 11.8 Å². The van der Waals surface area contributed by atoms with E-state index in [1.54, 1.807) is 30.1 Å². The zero-order valence-electron chi connectivity index (χ0n) is 19.0. The highest BCUT2D eigenvalue weighted by Gasteiger charge is 2.32. The molecule has 2 amide bonds. The molecule has 1 fully saturated rings. The summed E-state index contributed by atoms with van der Waals surface area (Å²) in [5.41, 5.74) is 6.03. The zero-order valence-corrected chi connectivity index (χ0v) is 19.8. The molecule has 0 radical (unpaired) electrons. The number of ether oxygens (including phenoxy) is 1. The summed E-state index contributed by atoms with van der Waals surface area (Å²) < 4.78 is 5.56. The number of amides is 2. The largest absolute Gasteiger partial charge is 0.494 e. The molecule has 0 spiro atoms. The number of thioether (sulfide) groups is 1. The van der Waals surface area contributed by atoms with Gasteiger partial charge in [0.25, 0.3) is 5.91 Å². The Morgan fingerprint density at radius 1 is 1.09 bits per heavy atom. The van der Waals surface area contributed by atoms with Gasteiger partial charge in [0.1, 0.15) is 11.1 Å². The molecule has 0 aliphatic carbocycles. The van der Waals surface area contributed by atoms with Gasteiger partial charge < -0.3 is 9.64 Å². The number of nitrogens with one attached hydrogen (secondary N) is 1. The van der Waals surface area contributed by atoms with Crippen molar-refractivity contribution in [1.82, 2.24) is 10.3 Å². The zero-order chi connectivity index (χ0) is 23.8. The van der Waals surface area contributed by atoms with Crippen molar-refractivity contribution in [1.29, 1.82) is 0 Å². The van der Waals surface area contributed by atoms with E-state index in [0.29, 0.717) is 24.5 Å². The van der Waals surface area contributed by atoms with Crippen molar-refractivity contribution >= 4 is 29.8 Å². The highest BCUT2D eigenvalue weighted by molar-refractivity contribution is 8.00. The van der Waals surface area contributed by atoms with Crippen LogP contribution < -0.4 is 10.2 Å². The molecule has 1 unspecified atom stereocenters. The lowest BCUT2D eigenvalue weighted by molar-refractivity contribution is -0.128. The van der Waals surface area contributed by atoms with E-state index in [1.807, 2.05) is 71.6 Å². The third kappa shape index (κ3) is 6.05. The second-order valence-corrected chi connectivity index (χ2v) is 8.98. The molecule has 1 aliphatic rings. The van der Waals surface area contributed by atoms with Crippen LogP contribution in [0.2, 0.25) is 0 Å². The van der Waals surface area contributed by atoms with Crippen molar-refractivity contribution in [2.75, 3.05) is 12.4 Å². The first kappa shape index (κ1) is 23.6. The molecule has 3 aromatic carbocycles. The van der Waals surface area contributed by atoms with Gasteiger partial charge in [0, 0.05) is 12.1 Å². The van der Waals surface area contributed by atoms with Gasteiger partial charge in [-0.3, -0.25) is 9.59 Å². The SMILES string of the molecule is CCCOc1ccc(/C=N/NC(=O)c2ccc(C3SCC(=O)N3Cc3ccccc3)cc2)cc1. The smallest absolute Gasteiger partial charge is 0.271 e. The Bertz CT molecular complexity index is 1130. The van der Waals surface area contributed by atoms with Crippen molar-refractivity contribution in [2.24, 2.45) is 5.10 Å². The van der Waals surface area contributed by atoms with Crippen LogP contribution in [0.3, 0.4) is 0 Å². The lowest BCUT2D eigenvalue weighted by Gasteiger charge is -2.24. The first-order valence-electron chi connectivity index (χ1n) is 11.3. The van der Waals surface area contributed by atoms with Crippen LogP contribution in [0.5, 0.6) is 5.75 Å². The molecule has 0 aromatic heterocycles. The van der Waals surface area contributed by atoms with Gasteiger partial charge in [0.05, 0.1) is 18.6 Å². The molecule has 1 aliphatic heterocycles. The van der Waals surface area contributed by atoms with Crippen molar-refractivity contribution in [3.63, 3.8) is 0 Å².